The maximum Gasteiger partial charge on any atom is 0.157 e. The average molecular weight is 229 g/mol. The molecule has 1 unspecified atom stereocenters. The Kier molecular flexibility index (Phi) is 4.93. The van der Waals surface area contributed by atoms with Gasteiger partial charge in [-0.2, -0.15) is 0 Å². The molecule has 0 aliphatic carbocycles. The molecule has 88 valence electrons. The molecule has 15 heavy (non-hydrogen) atoms. The molecule has 1 aliphatic heterocycles. The summed E-state index contributed by atoms with van der Waals surface area (Å²) in [6.45, 7) is 6.55. The summed E-state index contributed by atoms with van der Waals surface area (Å²) >= 11 is 1.86. The lowest BCUT2D eigenvalue weighted by Crippen LogP contribution is -2.39. The zero-order valence-electron chi connectivity index (χ0n) is 10.3. The molecule has 1 N–H and O–H groups in total. The van der Waals surface area contributed by atoms with Gasteiger partial charge in [0, 0.05) is 17.8 Å². The second-order valence-corrected chi connectivity index (χ2v) is 5.64. The second-order valence-electron chi connectivity index (χ2n) is 4.67. The number of amidine groups is 1. The molecule has 4 heteroatoms. The van der Waals surface area contributed by atoms with Gasteiger partial charge in [-0.05, 0) is 40.4 Å². The molecule has 0 aromatic carbocycles. The Morgan fingerprint density at radius 2 is 2.27 bits per heavy atom. The number of nitrogens with zero attached hydrogens (tertiary/aromatic N) is 2. The summed E-state index contributed by atoms with van der Waals surface area (Å²) in [5.74, 6) is 1.15. The van der Waals surface area contributed by atoms with Crippen LogP contribution in [-0.4, -0.2) is 48.5 Å². The molecule has 0 bridgehead atoms. The lowest BCUT2D eigenvalue weighted by Gasteiger charge is -2.20. The first-order valence-electron chi connectivity index (χ1n) is 5.66. The van der Waals surface area contributed by atoms with Crippen LogP contribution in [-0.2, 0) is 0 Å². The van der Waals surface area contributed by atoms with Gasteiger partial charge in [-0.3, -0.25) is 4.99 Å². The second kappa shape index (κ2) is 5.75. The minimum Gasteiger partial charge on any atom is -0.359 e. The molecule has 1 heterocycles. The molecule has 1 fully saturated rings. The van der Waals surface area contributed by atoms with Gasteiger partial charge in [0.2, 0.25) is 0 Å². The molecule has 0 amide bonds. The van der Waals surface area contributed by atoms with Crippen molar-refractivity contribution in [1.29, 1.82) is 0 Å². The van der Waals surface area contributed by atoms with E-state index in [1.807, 2.05) is 11.8 Å². The van der Waals surface area contributed by atoms with Crippen LogP contribution in [0.15, 0.2) is 4.99 Å². The molecule has 1 atom stereocenters. The summed E-state index contributed by atoms with van der Waals surface area (Å²) in [6.07, 6.45) is 2.30. The van der Waals surface area contributed by atoms with Crippen molar-refractivity contribution in [3.05, 3.63) is 0 Å². The van der Waals surface area contributed by atoms with Gasteiger partial charge in [0.05, 0.1) is 0 Å². The molecular formula is C11H23N3S. The highest BCUT2D eigenvalue weighted by Crippen LogP contribution is 2.25. The van der Waals surface area contributed by atoms with Crippen LogP contribution in [0.4, 0.5) is 0 Å². The molecule has 3 nitrogen and oxygen atoms in total. The predicted molar refractivity (Wildman–Crippen MR) is 69.8 cm³/mol. The van der Waals surface area contributed by atoms with Crippen LogP contribution in [0, 0.1) is 0 Å². The Hall–Kier alpha value is -0.220. The fourth-order valence-corrected chi connectivity index (χ4v) is 2.63. The lowest BCUT2D eigenvalue weighted by atomic mass is 10.0. The first-order valence-corrected chi connectivity index (χ1v) is 6.64. The standard InChI is InChI=1S/C11H23N3S/c1-5-11(2)9-15-10(13-11)12-7-6-8-14(3)4/h5-9H2,1-4H3,(H,12,13). The van der Waals surface area contributed by atoms with E-state index in [0.717, 1.165) is 36.9 Å². The van der Waals surface area contributed by atoms with E-state index in [9.17, 15) is 0 Å². The summed E-state index contributed by atoms with van der Waals surface area (Å²) in [7, 11) is 4.20. The number of nitrogens with one attached hydrogen (secondary N) is 1. The van der Waals surface area contributed by atoms with Crippen molar-refractivity contribution in [3.8, 4) is 0 Å². The topological polar surface area (TPSA) is 27.6 Å². The minimum absolute atomic E-state index is 0.269. The maximum absolute atomic E-state index is 4.58. The highest BCUT2D eigenvalue weighted by atomic mass is 32.2. The molecule has 0 radical (unpaired) electrons. The zero-order chi connectivity index (χ0) is 11.3. The van der Waals surface area contributed by atoms with Gasteiger partial charge in [0.15, 0.2) is 5.17 Å². The quantitative estimate of drug-likeness (QED) is 0.729. The largest absolute Gasteiger partial charge is 0.359 e. The Morgan fingerprint density at radius 3 is 2.80 bits per heavy atom. The average Bonchev–Trinajstić information content (AvgIpc) is 2.56. The van der Waals surface area contributed by atoms with Gasteiger partial charge in [0.25, 0.3) is 0 Å². The van der Waals surface area contributed by atoms with E-state index in [1.165, 1.54) is 0 Å². The van der Waals surface area contributed by atoms with Gasteiger partial charge >= 0.3 is 0 Å². The lowest BCUT2D eigenvalue weighted by molar-refractivity contribution is 0.403. The molecule has 1 rings (SSSR count). The number of rotatable bonds is 5. The van der Waals surface area contributed by atoms with Crippen molar-refractivity contribution in [2.45, 2.75) is 32.2 Å². The van der Waals surface area contributed by atoms with E-state index in [1.54, 1.807) is 0 Å². The van der Waals surface area contributed by atoms with Crippen LogP contribution in [0.2, 0.25) is 0 Å². The van der Waals surface area contributed by atoms with Crippen LogP contribution in [0.3, 0.4) is 0 Å². The summed E-state index contributed by atoms with van der Waals surface area (Å²) in [4.78, 5) is 6.78. The summed E-state index contributed by atoms with van der Waals surface area (Å²) in [6, 6.07) is 0. The van der Waals surface area contributed by atoms with Gasteiger partial charge in [-0.25, -0.2) is 0 Å². The van der Waals surface area contributed by atoms with Crippen molar-refractivity contribution in [3.63, 3.8) is 0 Å². The molecular weight excluding hydrogens is 206 g/mol. The molecule has 0 aromatic heterocycles. The van der Waals surface area contributed by atoms with Gasteiger partial charge in [-0.1, -0.05) is 18.7 Å². The predicted octanol–water partition coefficient (Wildman–Crippen LogP) is 1.80. The van der Waals surface area contributed by atoms with Gasteiger partial charge in [-0.15, -0.1) is 0 Å². The summed E-state index contributed by atoms with van der Waals surface area (Å²) in [5.41, 5.74) is 0.269. The first-order chi connectivity index (χ1) is 7.06. The molecule has 0 aromatic rings. The molecule has 0 spiro atoms. The van der Waals surface area contributed by atoms with Gasteiger partial charge < -0.3 is 10.2 Å². The highest BCUT2D eigenvalue weighted by molar-refractivity contribution is 8.14. The number of hydrogen-bond donors (Lipinski definition) is 1. The van der Waals surface area contributed by atoms with Crippen LogP contribution < -0.4 is 5.32 Å². The van der Waals surface area contributed by atoms with Crippen molar-refractivity contribution in [2.75, 3.05) is 32.9 Å². The minimum atomic E-state index is 0.269. The smallest absolute Gasteiger partial charge is 0.157 e. The maximum atomic E-state index is 4.58. The Bertz CT molecular complexity index is 228. The fraction of sp³-hybridized carbons (Fsp3) is 0.909. The van der Waals surface area contributed by atoms with E-state index >= 15 is 0 Å². The van der Waals surface area contributed by atoms with Crippen molar-refractivity contribution in [2.24, 2.45) is 4.99 Å². The van der Waals surface area contributed by atoms with Crippen molar-refractivity contribution < 1.29 is 0 Å². The van der Waals surface area contributed by atoms with Gasteiger partial charge in [0.1, 0.15) is 0 Å². The van der Waals surface area contributed by atoms with E-state index in [2.05, 4.69) is 43.2 Å². The Morgan fingerprint density at radius 1 is 1.53 bits per heavy atom. The Balaban J connectivity index is 2.25. The van der Waals surface area contributed by atoms with Crippen molar-refractivity contribution in [1.82, 2.24) is 10.2 Å². The third-order valence-corrected chi connectivity index (χ3v) is 4.02. The third kappa shape index (κ3) is 4.43. The van der Waals surface area contributed by atoms with E-state index in [4.69, 9.17) is 0 Å². The first kappa shape index (κ1) is 12.8. The normalized spacial score (nSPS) is 28.7. The highest BCUT2D eigenvalue weighted by Gasteiger charge is 2.30. The van der Waals surface area contributed by atoms with Crippen LogP contribution >= 0.6 is 11.8 Å². The third-order valence-electron chi connectivity index (χ3n) is 2.74. The molecule has 1 aliphatic rings. The number of aliphatic imine (C=N–C) groups is 1. The van der Waals surface area contributed by atoms with E-state index in [0.29, 0.717) is 0 Å². The monoisotopic (exact) mass is 229 g/mol. The summed E-state index contributed by atoms with van der Waals surface area (Å²) in [5, 5.41) is 4.64. The van der Waals surface area contributed by atoms with Crippen LogP contribution in [0.25, 0.3) is 0 Å². The van der Waals surface area contributed by atoms with Crippen molar-refractivity contribution >= 4 is 16.9 Å². The summed E-state index contributed by atoms with van der Waals surface area (Å²) < 4.78 is 0. The molecule has 1 saturated heterocycles. The number of thioether (sulfide) groups is 1. The van der Waals surface area contributed by atoms with Crippen LogP contribution in [0.5, 0.6) is 0 Å². The SMILES string of the molecule is CCC1(C)CSC(=NCCCN(C)C)N1. The molecule has 0 saturated carbocycles. The van der Waals surface area contributed by atoms with Crippen LogP contribution in [0.1, 0.15) is 26.7 Å². The Labute approximate surface area is 97.7 Å². The number of hydrogen-bond acceptors (Lipinski definition) is 3. The van der Waals surface area contributed by atoms with E-state index < -0.39 is 0 Å². The fourth-order valence-electron chi connectivity index (χ4n) is 1.40. The zero-order valence-corrected chi connectivity index (χ0v) is 11.2. The van der Waals surface area contributed by atoms with E-state index in [-0.39, 0.29) is 5.54 Å².